The van der Waals surface area contributed by atoms with E-state index in [-0.39, 0.29) is 29.7 Å². The van der Waals surface area contributed by atoms with Gasteiger partial charge >= 0.3 is 5.97 Å². The van der Waals surface area contributed by atoms with Gasteiger partial charge in [-0.15, -0.1) is 0 Å². The van der Waals surface area contributed by atoms with Crippen LogP contribution in [-0.4, -0.2) is 42.5 Å². The van der Waals surface area contributed by atoms with Gasteiger partial charge in [0.2, 0.25) is 0 Å². The van der Waals surface area contributed by atoms with E-state index in [4.69, 9.17) is 10.5 Å². The molecule has 2 heterocycles. The molecule has 4 rings (SSSR count). The van der Waals surface area contributed by atoms with Gasteiger partial charge in [-0.05, 0) is 81.7 Å². The van der Waals surface area contributed by atoms with Crippen LogP contribution in [-0.2, 0) is 32.0 Å². The molecule has 41 heavy (non-hydrogen) atoms. The maximum atomic E-state index is 12.5. The monoisotopic (exact) mass is 559 g/mol. The molecule has 7 heteroatoms. The lowest BCUT2D eigenvalue weighted by atomic mass is 10.0. The summed E-state index contributed by atoms with van der Waals surface area (Å²) in [5.41, 5.74) is 9.76. The number of hydrogen-bond acceptors (Lipinski definition) is 5. The Morgan fingerprint density at radius 3 is 1.78 bits per heavy atom. The second-order valence-corrected chi connectivity index (χ2v) is 11.5. The Morgan fingerprint density at radius 2 is 1.32 bits per heavy atom. The van der Waals surface area contributed by atoms with Crippen molar-refractivity contribution < 1.29 is 19.1 Å². The van der Waals surface area contributed by atoms with E-state index in [0.29, 0.717) is 13.0 Å². The zero-order valence-corrected chi connectivity index (χ0v) is 25.1. The summed E-state index contributed by atoms with van der Waals surface area (Å²) < 4.78 is 5.35. The topological polar surface area (TPSA) is 92.9 Å². The number of nitrogens with two attached hydrogens (primary N) is 1. The summed E-state index contributed by atoms with van der Waals surface area (Å²) in [7, 11) is 0. The van der Waals surface area contributed by atoms with Crippen molar-refractivity contribution in [3.63, 3.8) is 0 Å². The first kappa shape index (κ1) is 31.8. The largest absolute Gasteiger partial charge is 0.460 e. The van der Waals surface area contributed by atoms with Gasteiger partial charge < -0.3 is 20.3 Å². The first-order chi connectivity index (χ1) is 19.5. The molecular formula is C34H45N3O4. The van der Waals surface area contributed by atoms with Crippen molar-refractivity contribution in [2.45, 2.75) is 78.4 Å². The van der Waals surface area contributed by atoms with Crippen molar-refractivity contribution in [3.05, 3.63) is 84.0 Å². The van der Waals surface area contributed by atoms with Crippen LogP contribution in [0, 0.1) is 5.92 Å². The molecule has 0 bridgehead atoms. The molecule has 2 aromatic carbocycles. The number of hydrogen-bond donors (Lipinski definition) is 1. The van der Waals surface area contributed by atoms with Gasteiger partial charge in [-0.2, -0.15) is 0 Å². The highest BCUT2D eigenvalue weighted by molar-refractivity contribution is 6.03. The minimum atomic E-state index is -0.478. The molecule has 0 unspecified atom stereocenters. The Bertz CT molecular complexity index is 1260. The van der Waals surface area contributed by atoms with Crippen LogP contribution in [0.25, 0.3) is 0 Å². The van der Waals surface area contributed by atoms with Gasteiger partial charge in [-0.3, -0.25) is 14.4 Å². The van der Waals surface area contributed by atoms with Gasteiger partial charge in [0.1, 0.15) is 5.60 Å². The molecule has 0 radical (unpaired) electrons. The summed E-state index contributed by atoms with van der Waals surface area (Å²) in [4.78, 5) is 40.0. The van der Waals surface area contributed by atoms with Crippen molar-refractivity contribution in [1.82, 2.24) is 0 Å². The number of benzene rings is 2. The fourth-order valence-corrected chi connectivity index (χ4v) is 4.82. The van der Waals surface area contributed by atoms with Crippen molar-refractivity contribution in [3.8, 4) is 0 Å². The molecule has 0 saturated heterocycles. The van der Waals surface area contributed by atoms with Crippen LogP contribution in [0.5, 0.6) is 0 Å². The third-order valence-corrected chi connectivity index (χ3v) is 7.15. The lowest BCUT2D eigenvalue weighted by Gasteiger charge is -2.21. The van der Waals surface area contributed by atoms with E-state index in [1.807, 2.05) is 82.0 Å². The summed E-state index contributed by atoms with van der Waals surface area (Å²) in [6, 6.07) is 16.0. The molecule has 0 fully saturated rings. The van der Waals surface area contributed by atoms with Crippen molar-refractivity contribution in [2.75, 3.05) is 22.9 Å². The number of allylic oxidation sites excluding steroid dienone is 1. The first-order valence-electron chi connectivity index (χ1n) is 14.6. The van der Waals surface area contributed by atoms with E-state index in [0.717, 1.165) is 43.6 Å². The van der Waals surface area contributed by atoms with Crippen molar-refractivity contribution in [2.24, 2.45) is 11.7 Å². The van der Waals surface area contributed by atoms with Crippen molar-refractivity contribution in [1.29, 1.82) is 0 Å². The zero-order valence-electron chi connectivity index (χ0n) is 25.1. The second kappa shape index (κ2) is 14.8. The Balaban J connectivity index is 0.000000239. The smallest absolute Gasteiger partial charge is 0.306 e. The minimum absolute atomic E-state index is 0.0154. The van der Waals surface area contributed by atoms with E-state index >= 15 is 0 Å². The van der Waals surface area contributed by atoms with Crippen molar-refractivity contribution >= 4 is 29.2 Å². The summed E-state index contributed by atoms with van der Waals surface area (Å²) >= 11 is 0. The lowest BCUT2D eigenvalue weighted by molar-refractivity contribution is -0.155. The van der Waals surface area contributed by atoms with E-state index < -0.39 is 5.60 Å². The number of rotatable bonds is 8. The Labute approximate surface area is 245 Å². The van der Waals surface area contributed by atoms with Crippen LogP contribution < -0.4 is 15.5 Å². The number of ether oxygens (including phenoxy) is 1. The van der Waals surface area contributed by atoms with Gasteiger partial charge in [0, 0.05) is 36.6 Å². The van der Waals surface area contributed by atoms with Gasteiger partial charge in [0.05, 0.1) is 6.42 Å². The Kier molecular flexibility index (Phi) is 11.5. The number of fused-ring (bicyclic) bond motifs is 2. The predicted molar refractivity (Wildman–Crippen MR) is 166 cm³/mol. The molecule has 7 nitrogen and oxygen atoms in total. The summed E-state index contributed by atoms with van der Waals surface area (Å²) in [6.07, 6.45) is 10.6. The van der Waals surface area contributed by atoms with Crippen LogP contribution >= 0.6 is 0 Å². The molecule has 2 aliphatic rings. The molecule has 2 N–H and O–H groups in total. The Hall–Kier alpha value is -3.71. The molecule has 0 saturated carbocycles. The molecule has 0 aromatic heterocycles. The maximum absolute atomic E-state index is 12.5. The lowest BCUT2D eigenvalue weighted by Crippen LogP contribution is -2.27. The number of carbonyl (C=O) groups is 3. The van der Waals surface area contributed by atoms with E-state index in [1.54, 1.807) is 23.1 Å². The fourth-order valence-electron chi connectivity index (χ4n) is 4.82. The average molecular weight is 560 g/mol. The Morgan fingerprint density at radius 1 is 0.829 bits per heavy atom. The number of para-hydroxylation sites is 2. The molecule has 0 spiro atoms. The fraction of sp³-hybridized carbons (Fsp3) is 0.441. The summed E-state index contributed by atoms with van der Waals surface area (Å²) in [5, 5.41) is 0. The normalized spacial score (nSPS) is 15.8. The molecule has 2 atom stereocenters. The average Bonchev–Trinajstić information content (AvgIpc) is 3.58. The van der Waals surface area contributed by atoms with Gasteiger partial charge in [0.15, 0.2) is 0 Å². The quantitative estimate of drug-likeness (QED) is 0.328. The highest BCUT2D eigenvalue weighted by Gasteiger charge is 2.24. The van der Waals surface area contributed by atoms with Crippen LogP contribution in [0.4, 0.5) is 11.4 Å². The third-order valence-electron chi connectivity index (χ3n) is 7.15. The number of nitrogens with zero attached hydrogens (tertiary/aromatic N) is 2. The number of esters is 1. The van der Waals surface area contributed by atoms with E-state index in [2.05, 4.69) is 12.1 Å². The van der Waals surface area contributed by atoms with Crippen LogP contribution in [0.2, 0.25) is 0 Å². The van der Waals surface area contributed by atoms with Gasteiger partial charge in [0.25, 0.3) is 11.8 Å². The molecule has 0 aliphatic carbocycles. The predicted octanol–water partition coefficient (Wildman–Crippen LogP) is 5.76. The van der Waals surface area contributed by atoms with Gasteiger partial charge in [-0.25, -0.2) is 0 Å². The van der Waals surface area contributed by atoms with E-state index in [1.165, 1.54) is 11.1 Å². The molecule has 220 valence electrons. The third kappa shape index (κ3) is 9.42. The highest BCUT2D eigenvalue weighted by atomic mass is 16.6. The van der Waals surface area contributed by atoms with Crippen LogP contribution in [0.3, 0.4) is 0 Å². The second-order valence-electron chi connectivity index (χ2n) is 11.5. The number of amides is 2. The molecule has 2 aromatic rings. The SMILES string of the molecule is CC[C@@H](/C=C/C(=O)N1CCc2ccccc21)CC(=O)OC(C)(C)C.CC[C@H](N)/C=C/C(=O)N1CCc2ccccc21. The minimum Gasteiger partial charge on any atom is -0.460 e. The van der Waals surface area contributed by atoms with Gasteiger partial charge in [-0.1, -0.05) is 62.4 Å². The van der Waals surface area contributed by atoms with Crippen LogP contribution in [0.15, 0.2) is 72.8 Å². The summed E-state index contributed by atoms with van der Waals surface area (Å²) in [6.45, 7) is 11.1. The molecular weight excluding hydrogens is 514 g/mol. The maximum Gasteiger partial charge on any atom is 0.306 e. The highest BCUT2D eigenvalue weighted by Crippen LogP contribution is 2.28. The molecule has 2 amide bonds. The number of anilines is 2. The molecule has 2 aliphatic heterocycles. The zero-order chi connectivity index (χ0) is 30.0. The first-order valence-corrected chi connectivity index (χ1v) is 14.6. The standard InChI is InChI=1S/C20H27NO3.C14H18N2O/c1-5-15(14-19(23)24-20(2,3)4)10-11-18(22)21-13-12-16-8-6-7-9-17(16)21;1-2-12(15)7-8-14(17)16-10-9-11-5-3-4-6-13(11)16/h6-11,15H,5,12-14H2,1-4H3;3-8,12H,2,9-10,15H2,1H3/b11-10+;8-7+/t15-;12-/m00/s1. The van der Waals surface area contributed by atoms with Crippen LogP contribution in [0.1, 0.15) is 65.0 Å². The summed E-state index contributed by atoms with van der Waals surface area (Å²) in [5.74, 6) is -0.207. The van der Waals surface area contributed by atoms with E-state index in [9.17, 15) is 14.4 Å². The number of carbonyl (C=O) groups excluding carboxylic acids is 3.